The van der Waals surface area contributed by atoms with Crippen LogP contribution in [0.15, 0.2) is 6.07 Å². The van der Waals surface area contributed by atoms with Crippen molar-refractivity contribution in [3.8, 4) is 5.88 Å². The lowest BCUT2D eigenvalue weighted by Crippen LogP contribution is -2.49. The molecular weight excluding hydrogens is 228 g/mol. The van der Waals surface area contributed by atoms with Gasteiger partial charge in [0.15, 0.2) is 0 Å². The van der Waals surface area contributed by atoms with Crippen LogP contribution in [0.5, 0.6) is 5.88 Å². The molecule has 0 amide bonds. The van der Waals surface area contributed by atoms with Crippen molar-refractivity contribution in [2.24, 2.45) is 11.7 Å². The molecule has 2 rings (SSSR count). The topological polar surface area (TPSA) is 64.3 Å². The van der Waals surface area contributed by atoms with Crippen LogP contribution in [0.1, 0.15) is 25.5 Å². The number of anilines is 1. The van der Waals surface area contributed by atoms with Crippen LogP contribution in [0.3, 0.4) is 0 Å². The molecule has 1 fully saturated rings. The highest BCUT2D eigenvalue weighted by Gasteiger charge is 2.29. The van der Waals surface area contributed by atoms with Crippen LogP contribution in [0.4, 0.5) is 5.95 Å². The first-order valence-electron chi connectivity index (χ1n) is 6.52. The van der Waals surface area contributed by atoms with E-state index in [-0.39, 0.29) is 0 Å². The van der Waals surface area contributed by atoms with E-state index in [2.05, 4.69) is 21.8 Å². The third-order valence-corrected chi connectivity index (χ3v) is 3.64. The van der Waals surface area contributed by atoms with Crippen molar-refractivity contribution in [1.82, 2.24) is 9.97 Å². The van der Waals surface area contributed by atoms with Gasteiger partial charge in [-0.05, 0) is 25.7 Å². The molecule has 1 aliphatic rings. The molecule has 0 aliphatic carbocycles. The molecular formula is C13H22N4O. The van der Waals surface area contributed by atoms with E-state index in [0.29, 0.717) is 24.4 Å². The van der Waals surface area contributed by atoms with Crippen LogP contribution < -0.4 is 15.4 Å². The van der Waals surface area contributed by atoms with E-state index in [1.54, 1.807) is 7.11 Å². The highest BCUT2D eigenvalue weighted by Crippen LogP contribution is 2.27. The minimum atomic E-state index is 0.324. The number of methoxy groups -OCH3 is 1. The minimum Gasteiger partial charge on any atom is -0.481 e. The van der Waals surface area contributed by atoms with Crippen molar-refractivity contribution in [1.29, 1.82) is 0 Å². The summed E-state index contributed by atoms with van der Waals surface area (Å²) in [5, 5.41) is 0. The number of hydrogen-bond donors (Lipinski definition) is 1. The van der Waals surface area contributed by atoms with Gasteiger partial charge in [-0.1, -0.05) is 6.92 Å². The van der Waals surface area contributed by atoms with E-state index >= 15 is 0 Å². The van der Waals surface area contributed by atoms with Crippen molar-refractivity contribution >= 4 is 5.95 Å². The van der Waals surface area contributed by atoms with Crippen LogP contribution in [0.25, 0.3) is 0 Å². The standard InChI is InChI=1S/C13H22N4O/c1-9-5-4-6-17(11(9)8-14)13-15-10(2)7-12(16-13)18-3/h7,9,11H,4-6,8,14H2,1-3H3. The van der Waals surface area contributed by atoms with E-state index in [1.165, 1.54) is 6.42 Å². The minimum absolute atomic E-state index is 0.324. The van der Waals surface area contributed by atoms with Gasteiger partial charge in [-0.2, -0.15) is 4.98 Å². The van der Waals surface area contributed by atoms with Crippen molar-refractivity contribution in [2.75, 3.05) is 25.1 Å². The fourth-order valence-corrected chi connectivity index (χ4v) is 2.61. The molecule has 0 saturated carbocycles. The van der Waals surface area contributed by atoms with E-state index in [1.807, 2.05) is 13.0 Å². The molecule has 5 heteroatoms. The van der Waals surface area contributed by atoms with Gasteiger partial charge in [-0.15, -0.1) is 0 Å². The average Bonchev–Trinajstić information content (AvgIpc) is 2.37. The van der Waals surface area contributed by atoms with E-state index in [4.69, 9.17) is 10.5 Å². The van der Waals surface area contributed by atoms with Gasteiger partial charge in [0.05, 0.1) is 7.11 Å². The van der Waals surface area contributed by atoms with Crippen molar-refractivity contribution in [3.63, 3.8) is 0 Å². The van der Waals surface area contributed by atoms with Crippen LogP contribution in [0.2, 0.25) is 0 Å². The third kappa shape index (κ3) is 2.56. The molecule has 0 spiro atoms. The molecule has 1 saturated heterocycles. The lowest BCUT2D eigenvalue weighted by atomic mass is 9.91. The normalized spacial score (nSPS) is 24.1. The summed E-state index contributed by atoms with van der Waals surface area (Å²) in [5.41, 5.74) is 6.82. The third-order valence-electron chi connectivity index (χ3n) is 3.64. The number of hydrogen-bond acceptors (Lipinski definition) is 5. The van der Waals surface area contributed by atoms with Gasteiger partial charge in [-0.25, -0.2) is 4.98 Å². The van der Waals surface area contributed by atoms with Gasteiger partial charge < -0.3 is 15.4 Å². The summed E-state index contributed by atoms with van der Waals surface area (Å²) in [4.78, 5) is 11.2. The summed E-state index contributed by atoms with van der Waals surface area (Å²) < 4.78 is 5.21. The molecule has 2 unspecified atom stereocenters. The van der Waals surface area contributed by atoms with Crippen molar-refractivity contribution < 1.29 is 4.74 Å². The Kier molecular flexibility index (Phi) is 4.01. The Morgan fingerprint density at radius 2 is 2.28 bits per heavy atom. The molecule has 18 heavy (non-hydrogen) atoms. The van der Waals surface area contributed by atoms with Crippen LogP contribution in [-0.4, -0.2) is 36.2 Å². The molecule has 100 valence electrons. The molecule has 5 nitrogen and oxygen atoms in total. The van der Waals surface area contributed by atoms with Crippen LogP contribution in [-0.2, 0) is 0 Å². The molecule has 0 aromatic carbocycles. The summed E-state index contributed by atoms with van der Waals surface area (Å²) in [7, 11) is 1.63. The fraction of sp³-hybridized carbons (Fsp3) is 0.692. The number of aryl methyl sites for hydroxylation is 1. The number of nitrogens with zero attached hydrogens (tertiary/aromatic N) is 3. The predicted octanol–water partition coefficient (Wildman–Crippen LogP) is 1.36. The molecule has 2 N–H and O–H groups in total. The average molecular weight is 250 g/mol. The van der Waals surface area contributed by atoms with E-state index in [9.17, 15) is 0 Å². The Balaban J connectivity index is 2.31. The molecule has 2 heterocycles. The maximum Gasteiger partial charge on any atom is 0.229 e. The monoisotopic (exact) mass is 250 g/mol. The van der Waals surface area contributed by atoms with Gasteiger partial charge >= 0.3 is 0 Å². The maximum atomic E-state index is 5.90. The largest absolute Gasteiger partial charge is 0.481 e. The van der Waals surface area contributed by atoms with Gasteiger partial charge in [0, 0.05) is 30.9 Å². The first kappa shape index (κ1) is 13.1. The lowest BCUT2D eigenvalue weighted by molar-refractivity contribution is 0.342. The smallest absolute Gasteiger partial charge is 0.229 e. The first-order valence-corrected chi connectivity index (χ1v) is 6.52. The Labute approximate surface area is 108 Å². The summed E-state index contributed by atoms with van der Waals surface area (Å²) in [6, 6.07) is 2.17. The molecule has 1 aliphatic heterocycles. The van der Waals surface area contributed by atoms with Crippen LogP contribution >= 0.6 is 0 Å². The van der Waals surface area contributed by atoms with Crippen molar-refractivity contribution in [3.05, 3.63) is 11.8 Å². The summed E-state index contributed by atoms with van der Waals surface area (Å²) in [6.45, 7) is 5.81. The van der Waals surface area contributed by atoms with Gasteiger partial charge in [0.25, 0.3) is 0 Å². The summed E-state index contributed by atoms with van der Waals surface area (Å²) in [5.74, 6) is 1.94. The fourth-order valence-electron chi connectivity index (χ4n) is 2.61. The first-order chi connectivity index (χ1) is 8.65. The van der Waals surface area contributed by atoms with Crippen LogP contribution in [0, 0.1) is 12.8 Å². The summed E-state index contributed by atoms with van der Waals surface area (Å²) >= 11 is 0. The number of aromatic nitrogens is 2. The Hall–Kier alpha value is -1.36. The van der Waals surface area contributed by atoms with Gasteiger partial charge in [0.2, 0.25) is 11.8 Å². The molecule has 0 radical (unpaired) electrons. The Morgan fingerprint density at radius 1 is 1.50 bits per heavy atom. The number of rotatable bonds is 3. The molecule has 1 aromatic rings. The Morgan fingerprint density at radius 3 is 2.94 bits per heavy atom. The van der Waals surface area contributed by atoms with Crippen molar-refractivity contribution in [2.45, 2.75) is 32.7 Å². The number of ether oxygens (including phenoxy) is 1. The van der Waals surface area contributed by atoms with Gasteiger partial charge in [-0.3, -0.25) is 0 Å². The quantitative estimate of drug-likeness (QED) is 0.877. The maximum absolute atomic E-state index is 5.90. The van der Waals surface area contributed by atoms with E-state index < -0.39 is 0 Å². The zero-order valence-corrected chi connectivity index (χ0v) is 11.4. The molecule has 2 atom stereocenters. The Bertz CT molecular complexity index is 410. The number of piperidine rings is 1. The zero-order valence-electron chi connectivity index (χ0n) is 11.4. The lowest BCUT2D eigenvalue weighted by Gasteiger charge is -2.39. The zero-order chi connectivity index (χ0) is 13.1. The second-order valence-corrected chi connectivity index (χ2v) is 4.97. The second-order valence-electron chi connectivity index (χ2n) is 4.97. The van der Waals surface area contributed by atoms with Gasteiger partial charge in [0.1, 0.15) is 0 Å². The number of nitrogens with two attached hydrogens (primary N) is 1. The highest BCUT2D eigenvalue weighted by molar-refractivity contribution is 5.36. The van der Waals surface area contributed by atoms with E-state index in [0.717, 1.165) is 24.6 Å². The SMILES string of the molecule is COc1cc(C)nc(N2CCCC(C)C2CN)n1. The highest BCUT2D eigenvalue weighted by atomic mass is 16.5. The molecule has 0 bridgehead atoms. The summed E-state index contributed by atoms with van der Waals surface area (Å²) in [6.07, 6.45) is 2.39. The predicted molar refractivity (Wildman–Crippen MR) is 71.9 cm³/mol. The molecule has 1 aromatic heterocycles. The second kappa shape index (κ2) is 5.52.